The van der Waals surface area contributed by atoms with Crippen LogP contribution in [0, 0.1) is 0 Å². The number of hydrogen-bond acceptors (Lipinski definition) is 13. The standard InChI is InChI=1S/C79H147NO13/c1-3-5-7-9-11-13-15-17-19-21-23-25-27-29-31-32-33-34-35-37-38-40-42-44-46-48-50-52-54-56-58-60-62-68(83)67(66-90-78-76(89)74(87)77(70(65-82)92-78)93-79-75(88)73(86)72(85)69(64-81)91-79)80-71(84)63-61-59-57-55-53-51-49-47-45-43-41-39-36-30-28-26-24-22-20-18-16-14-12-10-8-6-4-2/h22,24,44,46,52,54,60,62,67-70,72-79,81-83,85-89H,3-21,23,25-43,45,47-51,53,55-59,61,63-66H2,1-2H3,(H,80,84)/b24-22-,46-44+,54-52+,62-60+. The monoisotopic (exact) mass is 1320 g/mol. The van der Waals surface area contributed by atoms with Crippen molar-refractivity contribution in [3.05, 3.63) is 48.6 Å². The van der Waals surface area contributed by atoms with Gasteiger partial charge in [0, 0.05) is 6.42 Å². The third-order valence-electron chi connectivity index (χ3n) is 19.2. The third kappa shape index (κ3) is 46.8. The second kappa shape index (κ2) is 63.4. The Morgan fingerprint density at radius 3 is 1.05 bits per heavy atom. The first-order chi connectivity index (χ1) is 45.6. The predicted octanol–water partition coefficient (Wildman–Crippen LogP) is 17.4. The van der Waals surface area contributed by atoms with E-state index in [9.17, 15) is 45.6 Å². The van der Waals surface area contributed by atoms with E-state index < -0.39 is 86.8 Å². The van der Waals surface area contributed by atoms with Crippen LogP contribution in [-0.2, 0) is 23.7 Å². The van der Waals surface area contributed by atoms with Gasteiger partial charge in [-0.3, -0.25) is 4.79 Å². The van der Waals surface area contributed by atoms with Gasteiger partial charge in [0.1, 0.15) is 48.8 Å². The summed E-state index contributed by atoms with van der Waals surface area (Å²) in [5.41, 5.74) is 0. The molecule has 2 fully saturated rings. The smallest absolute Gasteiger partial charge is 0.220 e. The van der Waals surface area contributed by atoms with E-state index in [1.807, 2.05) is 6.08 Å². The zero-order chi connectivity index (χ0) is 67.3. The number of aliphatic hydroxyl groups is 8. The minimum atomic E-state index is -1.79. The number of allylic oxidation sites excluding steroid dienone is 7. The topological polar surface area (TPSA) is 228 Å². The maximum atomic E-state index is 13.4. The normalized spacial score (nSPS) is 22.8. The number of nitrogens with one attached hydrogen (secondary N) is 1. The molecule has 93 heavy (non-hydrogen) atoms. The van der Waals surface area contributed by atoms with E-state index in [4.69, 9.17) is 18.9 Å². The number of carbonyl (C=O) groups is 1. The van der Waals surface area contributed by atoms with Crippen molar-refractivity contribution in [3.8, 4) is 0 Å². The van der Waals surface area contributed by atoms with E-state index >= 15 is 0 Å². The number of unbranched alkanes of at least 4 members (excludes halogenated alkanes) is 47. The molecule has 14 heteroatoms. The van der Waals surface area contributed by atoms with Crippen molar-refractivity contribution < 1.29 is 64.6 Å². The second-order valence-electron chi connectivity index (χ2n) is 27.8. The van der Waals surface area contributed by atoms with Gasteiger partial charge in [0.05, 0.1) is 32.0 Å². The molecule has 12 atom stereocenters. The molecule has 0 spiro atoms. The molecule has 0 aliphatic carbocycles. The van der Waals surface area contributed by atoms with Crippen LogP contribution < -0.4 is 5.32 Å². The lowest BCUT2D eigenvalue weighted by atomic mass is 9.97. The van der Waals surface area contributed by atoms with Crippen LogP contribution in [0.15, 0.2) is 48.6 Å². The quantitative estimate of drug-likeness (QED) is 0.0204. The Morgan fingerprint density at radius 1 is 0.376 bits per heavy atom. The van der Waals surface area contributed by atoms with Gasteiger partial charge in [0.2, 0.25) is 5.91 Å². The van der Waals surface area contributed by atoms with Crippen LogP contribution in [0.1, 0.15) is 354 Å². The van der Waals surface area contributed by atoms with Crippen molar-refractivity contribution in [2.24, 2.45) is 0 Å². The Morgan fingerprint density at radius 2 is 0.688 bits per heavy atom. The molecule has 12 unspecified atom stereocenters. The summed E-state index contributed by atoms with van der Waals surface area (Å²) in [7, 11) is 0. The molecule has 2 saturated heterocycles. The molecule has 2 heterocycles. The van der Waals surface area contributed by atoms with Gasteiger partial charge in [-0.1, -0.05) is 326 Å². The van der Waals surface area contributed by atoms with E-state index in [-0.39, 0.29) is 18.9 Å². The van der Waals surface area contributed by atoms with Crippen molar-refractivity contribution in [2.45, 2.75) is 428 Å². The first-order valence-electron chi connectivity index (χ1n) is 39.4. The maximum absolute atomic E-state index is 13.4. The Balaban J connectivity index is 1.65. The molecular formula is C79H147NO13. The molecule has 14 nitrogen and oxygen atoms in total. The summed E-state index contributed by atoms with van der Waals surface area (Å²) >= 11 is 0. The largest absolute Gasteiger partial charge is 0.394 e. The molecule has 1 amide bonds. The molecule has 0 aromatic heterocycles. The molecule has 0 aromatic rings. The fraction of sp³-hybridized carbons (Fsp3) is 0.886. The Labute approximate surface area is 569 Å². The summed E-state index contributed by atoms with van der Waals surface area (Å²) in [6.07, 6.45) is 67.7. The van der Waals surface area contributed by atoms with E-state index in [1.54, 1.807) is 6.08 Å². The van der Waals surface area contributed by atoms with Gasteiger partial charge in [0.15, 0.2) is 12.6 Å². The fourth-order valence-corrected chi connectivity index (χ4v) is 13.0. The first kappa shape index (κ1) is 87.0. The van der Waals surface area contributed by atoms with Gasteiger partial charge < -0.3 is 65.1 Å². The summed E-state index contributed by atoms with van der Waals surface area (Å²) in [6.45, 7) is 2.83. The lowest BCUT2D eigenvalue weighted by Gasteiger charge is -2.46. The highest BCUT2D eigenvalue weighted by Crippen LogP contribution is 2.30. The molecule has 2 rings (SSSR count). The van der Waals surface area contributed by atoms with Crippen molar-refractivity contribution in [1.82, 2.24) is 5.32 Å². The second-order valence-corrected chi connectivity index (χ2v) is 27.8. The van der Waals surface area contributed by atoms with Crippen LogP contribution in [0.5, 0.6) is 0 Å². The Kier molecular flexibility index (Phi) is 59.3. The van der Waals surface area contributed by atoms with Crippen LogP contribution in [0.4, 0.5) is 0 Å². The zero-order valence-electron chi connectivity index (χ0n) is 59.8. The Bertz CT molecular complexity index is 1750. The number of carbonyl (C=O) groups excluding carboxylic acids is 1. The van der Waals surface area contributed by atoms with Crippen LogP contribution >= 0.6 is 0 Å². The van der Waals surface area contributed by atoms with Crippen molar-refractivity contribution in [3.63, 3.8) is 0 Å². The summed E-state index contributed by atoms with van der Waals surface area (Å²) in [4.78, 5) is 13.4. The number of hydrogen-bond donors (Lipinski definition) is 9. The number of aliphatic hydroxyl groups excluding tert-OH is 8. The highest BCUT2D eigenvalue weighted by atomic mass is 16.7. The zero-order valence-corrected chi connectivity index (χ0v) is 59.8. The maximum Gasteiger partial charge on any atom is 0.220 e. The van der Waals surface area contributed by atoms with Gasteiger partial charge in [-0.2, -0.15) is 0 Å². The minimum Gasteiger partial charge on any atom is -0.394 e. The molecule has 546 valence electrons. The van der Waals surface area contributed by atoms with Crippen molar-refractivity contribution in [2.75, 3.05) is 19.8 Å². The average Bonchev–Trinajstić information content (AvgIpc) is 0.854. The molecule has 0 radical (unpaired) electrons. The van der Waals surface area contributed by atoms with Crippen molar-refractivity contribution in [1.29, 1.82) is 0 Å². The molecule has 9 N–H and O–H groups in total. The summed E-state index contributed by atoms with van der Waals surface area (Å²) in [5, 5.41) is 87.6. The van der Waals surface area contributed by atoms with Gasteiger partial charge in [-0.25, -0.2) is 0 Å². The number of ether oxygens (including phenoxy) is 4. The van der Waals surface area contributed by atoms with E-state index in [0.717, 1.165) is 44.9 Å². The van der Waals surface area contributed by atoms with Crippen LogP contribution in [0.3, 0.4) is 0 Å². The molecule has 0 saturated carbocycles. The number of rotatable bonds is 66. The molecule has 2 aliphatic heterocycles. The molecular weight excluding hydrogens is 1170 g/mol. The van der Waals surface area contributed by atoms with E-state index in [1.165, 1.54) is 276 Å². The minimum absolute atomic E-state index is 0.248. The lowest BCUT2D eigenvalue weighted by molar-refractivity contribution is -0.359. The summed E-state index contributed by atoms with van der Waals surface area (Å²) < 4.78 is 22.9. The van der Waals surface area contributed by atoms with E-state index in [0.29, 0.717) is 12.8 Å². The lowest BCUT2D eigenvalue weighted by Crippen LogP contribution is -2.65. The highest BCUT2D eigenvalue weighted by Gasteiger charge is 2.51. The first-order valence-corrected chi connectivity index (χ1v) is 39.4. The van der Waals surface area contributed by atoms with Crippen molar-refractivity contribution >= 4 is 5.91 Å². The predicted molar refractivity (Wildman–Crippen MR) is 383 cm³/mol. The average molecular weight is 1320 g/mol. The fourth-order valence-electron chi connectivity index (χ4n) is 13.0. The SMILES string of the molecule is CCCCCCCCCC/C=C\CCCCCCCCCCCCCCCCCC(=O)NC(COC1OC(CO)C(OC2OC(CO)C(O)C(O)C2O)C(O)C1O)C(O)/C=C/CC/C=C/CC/C=C/CCCCCCCCCCCCCCCCCCCCCCCC. The third-order valence-corrected chi connectivity index (χ3v) is 19.2. The van der Waals surface area contributed by atoms with Gasteiger partial charge in [-0.15, -0.1) is 0 Å². The Hall–Kier alpha value is -2.05. The number of amides is 1. The summed E-state index contributed by atoms with van der Waals surface area (Å²) in [5.74, 6) is -0.248. The molecule has 0 bridgehead atoms. The van der Waals surface area contributed by atoms with E-state index in [2.05, 4.69) is 55.6 Å². The van der Waals surface area contributed by atoms with Gasteiger partial charge in [-0.05, 0) is 70.6 Å². The summed E-state index contributed by atoms with van der Waals surface area (Å²) in [6, 6.07) is -0.940. The van der Waals surface area contributed by atoms with Crippen LogP contribution in [0.25, 0.3) is 0 Å². The van der Waals surface area contributed by atoms with Crippen LogP contribution in [-0.4, -0.2) is 140 Å². The molecule has 0 aromatic carbocycles. The molecule has 2 aliphatic rings. The highest BCUT2D eigenvalue weighted by molar-refractivity contribution is 5.76. The van der Waals surface area contributed by atoms with Crippen LogP contribution in [0.2, 0.25) is 0 Å². The van der Waals surface area contributed by atoms with Gasteiger partial charge >= 0.3 is 0 Å². The van der Waals surface area contributed by atoms with Gasteiger partial charge in [0.25, 0.3) is 0 Å².